The number of halogens is 7. The first-order valence-corrected chi connectivity index (χ1v) is 11.2. The first-order valence-electron chi connectivity index (χ1n) is 8.80. The van der Waals surface area contributed by atoms with Crippen LogP contribution in [0.3, 0.4) is 0 Å². The lowest BCUT2D eigenvalue weighted by Gasteiger charge is -2.17. The predicted molar refractivity (Wildman–Crippen MR) is 120 cm³/mol. The number of ether oxygens (including phenoxy) is 1. The van der Waals surface area contributed by atoms with Gasteiger partial charge in [-0.2, -0.15) is 13.2 Å². The summed E-state index contributed by atoms with van der Waals surface area (Å²) in [4.78, 5) is 3.86. The molecule has 1 aromatic carbocycles. The second-order valence-corrected chi connectivity index (χ2v) is 10.1. The standard InChI is InChI=1S/C20H13Cl4F3N2O2S/c1-11(32-18-6-5-13(10-28-18)20(25,26)27)16-8-15(29-31-16)12-3-2-4-14(7-12)30-19(23,24)9-17(21)22/h2-11H,1H3. The van der Waals surface area contributed by atoms with E-state index in [9.17, 15) is 13.2 Å². The first-order chi connectivity index (χ1) is 14.9. The van der Waals surface area contributed by atoms with Crippen molar-refractivity contribution in [3.8, 4) is 17.0 Å². The summed E-state index contributed by atoms with van der Waals surface area (Å²) in [6.45, 7) is 1.82. The highest BCUT2D eigenvalue weighted by Gasteiger charge is 2.31. The number of hydrogen-bond donors (Lipinski definition) is 0. The zero-order valence-electron chi connectivity index (χ0n) is 16.0. The normalized spacial score (nSPS) is 13.0. The van der Waals surface area contributed by atoms with Crippen molar-refractivity contribution in [2.45, 2.75) is 27.9 Å². The Labute approximate surface area is 205 Å². The van der Waals surface area contributed by atoms with Gasteiger partial charge in [-0.05, 0) is 31.2 Å². The Balaban J connectivity index is 1.72. The van der Waals surface area contributed by atoms with Crippen molar-refractivity contribution >= 4 is 58.2 Å². The van der Waals surface area contributed by atoms with Crippen LogP contribution in [0.4, 0.5) is 13.2 Å². The molecule has 32 heavy (non-hydrogen) atoms. The van der Waals surface area contributed by atoms with Crippen molar-refractivity contribution in [1.82, 2.24) is 10.1 Å². The summed E-state index contributed by atoms with van der Waals surface area (Å²) in [7, 11) is 0. The number of thioether (sulfide) groups is 1. The van der Waals surface area contributed by atoms with E-state index in [2.05, 4.69) is 10.1 Å². The van der Waals surface area contributed by atoms with Crippen molar-refractivity contribution in [3.63, 3.8) is 0 Å². The van der Waals surface area contributed by atoms with Gasteiger partial charge in [0.25, 0.3) is 4.52 Å². The number of alkyl halides is 5. The van der Waals surface area contributed by atoms with Crippen molar-refractivity contribution in [1.29, 1.82) is 0 Å². The second kappa shape index (κ2) is 10.1. The van der Waals surface area contributed by atoms with Crippen LogP contribution in [0.15, 0.2) is 68.8 Å². The largest absolute Gasteiger partial charge is 0.454 e. The second-order valence-electron chi connectivity index (χ2n) is 6.38. The number of nitrogens with zero attached hydrogens (tertiary/aromatic N) is 2. The van der Waals surface area contributed by atoms with E-state index < -0.39 is 16.3 Å². The summed E-state index contributed by atoms with van der Waals surface area (Å²) in [5.41, 5.74) is 0.367. The lowest BCUT2D eigenvalue weighted by atomic mass is 10.1. The van der Waals surface area contributed by atoms with Gasteiger partial charge in [0.1, 0.15) is 21.7 Å². The molecule has 0 bridgehead atoms. The highest BCUT2D eigenvalue weighted by atomic mass is 35.5. The molecule has 0 saturated heterocycles. The van der Waals surface area contributed by atoms with Crippen molar-refractivity contribution in [3.05, 3.63) is 70.6 Å². The lowest BCUT2D eigenvalue weighted by Crippen LogP contribution is -2.18. The van der Waals surface area contributed by atoms with E-state index >= 15 is 0 Å². The maximum atomic E-state index is 12.7. The SMILES string of the molecule is CC(Sc1ccc(C(F)(F)F)cn1)c1cc(-c2cccc(OC(Cl)(Cl)C=C(Cl)Cl)c2)no1. The number of pyridine rings is 1. The number of rotatable bonds is 7. The van der Waals surface area contributed by atoms with Gasteiger partial charge in [0, 0.05) is 23.9 Å². The predicted octanol–water partition coefficient (Wildman–Crippen LogP) is 8.44. The molecule has 3 rings (SSSR count). The molecule has 0 spiro atoms. The minimum atomic E-state index is -4.43. The van der Waals surface area contributed by atoms with Crippen molar-refractivity contribution in [2.75, 3.05) is 0 Å². The summed E-state index contributed by atoms with van der Waals surface area (Å²) in [5, 5.41) is 4.21. The van der Waals surface area contributed by atoms with E-state index in [1.807, 2.05) is 6.92 Å². The topological polar surface area (TPSA) is 48.2 Å². The van der Waals surface area contributed by atoms with E-state index in [-0.39, 0.29) is 9.74 Å². The molecular formula is C20H13Cl4F3N2O2S. The van der Waals surface area contributed by atoms with Gasteiger partial charge in [-0.25, -0.2) is 4.98 Å². The Morgan fingerprint density at radius 3 is 2.53 bits per heavy atom. The number of hydrogen-bond acceptors (Lipinski definition) is 5. The monoisotopic (exact) mass is 542 g/mol. The Kier molecular flexibility index (Phi) is 7.93. The Hall–Kier alpha value is -1.58. The van der Waals surface area contributed by atoms with E-state index in [1.165, 1.54) is 17.8 Å². The third-order valence-corrected chi connectivity index (χ3v) is 5.61. The van der Waals surface area contributed by atoms with Gasteiger partial charge in [0.15, 0.2) is 0 Å². The number of aromatic nitrogens is 2. The van der Waals surface area contributed by atoms with Crippen LogP contribution in [0, 0.1) is 0 Å². The van der Waals surface area contributed by atoms with Crippen LogP contribution in [0.2, 0.25) is 0 Å². The molecule has 0 saturated carbocycles. The fourth-order valence-corrected chi connectivity index (χ4v) is 4.28. The Morgan fingerprint density at radius 1 is 1.16 bits per heavy atom. The molecule has 12 heteroatoms. The van der Waals surface area contributed by atoms with E-state index in [0.29, 0.717) is 27.8 Å². The van der Waals surface area contributed by atoms with Gasteiger partial charge >= 0.3 is 6.18 Å². The van der Waals surface area contributed by atoms with E-state index in [0.717, 1.165) is 18.3 Å². The van der Waals surface area contributed by atoms with Crippen LogP contribution in [0.25, 0.3) is 11.3 Å². The summed E-state index contributed by atoms with van der Waals surface area (Å²) in [6.07, 6.45) is -2.51. The highest BCUT2D eigenvalue weighted by molar-refractivity contribution is 7.99. The molecule has 1 unspecified atom stereocenters. The Bertz CT molecular complexity index is 1100. The minimum absolute atomic E-state index is 0.152. The van der Waals surface area contributed by atoms with E-state index in [4.69, 9.17) is 55.7 Å². The van der Waals surface area contributed by atoms with E-state index in [1.54, 1.807) is 30.3 Å². The van der Waals surface area contributed by atoms with Crippen molar-refractivity contribution < 1.29 is 22.4 Å². The fourth-order valence-electron chi connectivity index (χ4n) is 2.51. The molecule has 0 aliphatic rings. The van der Waals surface area contributed by atoms with Gasteiger partial charge in [0.05, 0.1) is 15.8 Å². The number of benzene rings is 1. The molecule has 0 N–H and O–H groups in total. The third-order valence-electron chi connectivity index (χ3n) is 3.95. The van der Waals surface area contributed by atoms with Crippen LogP contribution in [-0.2, 0) is 6.18 Å². The Morgan fingerprint density at radius 2 is 1.91 bits per heavy atom. The summed E-state index contributed by atoms with van der Waals surface area (Å²) < 4.78 is 47.0. The maximum Gasteiger partial charge on any atom is 0.417 e. The van der Waals surface area contributed by atoms with Gasteiger partial charge in [-0.15, -0.1) is 0 Å². The van der Waals surface area contributed by atoms with Crippen LogP contribution in [0.5, 0.6) is 5.75 Å². The lowest BCUT2D eigenvalue weighted by molar-refractivity contribution is -0.137. The molecule has 2 aromatic heterocycles. The van der Waals surface area contributed by atoms with Crippen molar-refractivity contribution in [2.24, 2.45) is 0 Å². The van der Waals surface area contributed by atoms with Crippen LogP contribution >= 0.6 is 58.2 Å². The molecule has 4 nitrogen and oxygen atoms in total. The van der Waals surface area contributed by atoms with Gasteiger partial charge in [-0.3, -0.25) is 0 Å². The van der Waals surface area contributed by atoms with Gasteiger partial charge < -0.3 is 9.26 Å². The molecule has 0 aliphatic heterocycles. The third kappa shape index (κ3) is 6.96. The van der Waals surface area contributed by atoms with Gasteiger partial charge in [0.2, 0.25) is 0 Å². The zero-order chi connectivity index (χ0) is 23.5. The zero-order valence-corrected chi connectivity index (χ0v) is 19.9. The highest BCUT2D eigenvalue weighted by Crippen LogP contribution is 2.37. The smallest absolute Gasteiger partial charge is 0.417 e. The summed E-state index contributed by atoms with van der Waals surface area (Å²) in [6, 6.07) is 10.8. The quantitative estimate of drug-likeness (QED) is 0.221. The first kappa shape index (κ1) is 25.1. The molecule has 0 radical (unpaired) electrons. The fraction of sp³-hybridized carbons (Fsp3) is 0.200. The van der Waals surface area contributed by atoms with Crippen LogP contribution < -0.4 is 4.74 Å². The summed E-state index contributed by atoms with van der Waals surface area (Å²) in [5.74, 6) is 0.846. The average molecular weight is 544 g/mol. The van der Waals surface area contributed by atoms with Crippen LogP contribution in [0.1, 0.15) is 23.5 Å². The summed E-state index contributed by atoms with van der Waals surface area (Å²) >= 11 is 24.4. The maximum absolute atomic E-state index is 12.7. The molecule has 170 valence electrons. The molecule has 0 amide bonds. The molecular weight excluding hydrogens is 531 g/mol. The molecule has 3 aromatic rings. The average Bonchev–Trinajstić information content (AvgIpc) is 3.17. The molecule has 1 atom stereocenters. The van der Waals surface area contributed by atoms with Crippen LogP contribution in [-0.4, -0.2) is 14.7 Å². The molecule has 0 aliphatic carbocycles. The van der Waals surface area contributed by atoms with Gasteiger partial charge in [-0.1, -0.05) is 75.5 Å². The molecule has 2 heterocycles. The minimum Gasteiger partial charge on any atom is -0.454 e. The molecule has 0 fully saturated rings.